The summed E-state index contributed by atoms with van der Waals surface area (Å²) in [5, 5.41) is 1.98. The molecule has 0 spiro atoms. The summed E-state index contributed by atoms with van der Waals surface area (Å²) < 4.78 is 25.4. The summed E-state index contributed by atoms with van der Waals surface area (Å²) in [6.45, 7) is 0. The maximum Gasteiger partial charge on any atom is 0.215 e. The van der Waals surface area contributed by atoms with Gasteiger partial charge < -0.3 is 4.98 Å². The lowest BCUT2D eigenvalue weighted by molar-refractivity contribution is 0.587. The summed E-state index contributed by atoms with van der Waals surface area (Å²) >= 11 is 3.42. The highest BCUT2D eigenvalue weighted by molar-refractivity contribution is 9.09. The molecule has 0 unspecified atom stereocenters. The summed E-state index contributed by atoms with van der Waals surface area (Å²) in [6.07, 6.45) is 2.89. The quantitative estimate of drug-likeness (QED) is 0.825. The second kappa shape index (κ2) is 5.42. The molecule has 2 aromatic rings. The number of sulfonamides is 1. The number of rotatable bonds is 5. The fourth-order valence-corrected chi connectivity index (χ4v) is 3.11. The van der Waals surface area contributed by atoms with Crippen LogP contribution in [0.1, 0.15) is 11.1 Å². The number of nitrogens with one attached hydrogen (secondary N) is 2. The molecule has 18 heavy (non-hydrogen) atoms. The summed E-state index contributed by atoms with van der Waals surface area (Å²) in [5.74, 6) is 0.0123. The molecule has 1 heterocycles. The third-order valence-electron chi connectivity index (χ3n) is 2.86. The molecule has 0 amide bonds. The summed E-state index contributed by atoms with van der Waals surface area (Å²) in [7, 11) is -1.79. The highest BCUT2D eigenvalue weighted by Crippen LogP contribution is 2.21. The molecule has 0 fully saturated rings. The van der Waals surface area contributed by atoms with Gasteiger partial charge in [0.2, 0.25) is 10.0 Å². The highest BCUT2D eigenvalue weighted by atomic mass is 79.9. The van der Waals surface area contributed by atoms with Crippen molar-refractivity contribution in [2.24, 2.45) is 0 Å². The zero-order valence-corrected chi connectivity index (χ0v) is 12.4. The van der Waals surface area contributed by atoms with Gasteiger partial charge in [-0.15, -0.1) is 0 Å². The molecule has 0 aliphatic carbocycles. The molecule has 2 N–H and O–H groups in total. The van der Waals surface area contributed by atoms with Gasteiger partial charge in [0.1, 0.15) is 0 Å². The van der Waals surface area contributed by atoms with Crippen LogP contribution in [-0.2, 0) is 22.2 Å². The molecule has 6 heteroatoms. The molecule has 1 aromatic carbocycles. The SMILES string of the molecule is CNS(=O)(=O)Cc1ccc2[nH]cc(CCBr)c2c1. The van der Waals surface area contributed by atoms with E-state index in [1.54, 1.807) is 0 Å². The number of aromatic amines is 1. The third kappa shape index (κ3) is 2.93. The van der Waals surface area contributed by atoms with E-state index in [4.69, 9.17) is 0 Å². The normalized spacial score (nSPS) is 12.1. The van der Waals surface area contributed by atoms with E-state index in [0.29, 0.717) is 0 Å². The van der Waals surface area contributed by atoms with Gasteiger partial charge in [-0.05, 0) is 36.7 Å². The Balaban J connectivity index is 2.39. The molecule has 2 rings (SSSR count). The first-order chi connectivity index (χ1) is 8.55. The van der Waals surface area contributed by atoms with Crippen LogP contribution in [0.3, 0.4) is 0 Å². The van der Waals surface area contributed by atoms with Crippen molar-refractivity contribution in [1.29, 1.82) is 0 Å². The Morgan fingerprint density at radius 3 is 2.83 bits per heavy atom. The Labute approximate surface area is 115 Å². The second-order valence-electron chi connectivity index (χ2n) is 4.10. The van der Waals surface area contributed by atoms with Crippen LogP contribution in [0.2, 0.25) is 0 Å². The van der Waals surface area contributed by atoms with E-state index in [-0.39, 0.29) is 5.75 Å². The van der Waals surface area contributed by atoms with E-state index >= 15 is 0 Å². The van der Waals surface area contributed by atoms with Gasteiger partial charge in [-0.3, -0.25) is 0 Å². The molecular formula is C12H15BrN2O2S. The van der Waals surface area contributed by atoms with Crippen molar-refractivity contribution < 1.29 is 8.42 Å². The lowest BCUT2D eigenvalue weighted by Crippen LogP contribution is -2.20. The number of alkyl halides is 1. The Morgan fingerprint density at radius 2 is 2.17 bits per heavy atom. The van der Waals surface area contributed by atoms with E-state index in [9.17, 15) is 8.42 Å². The molecule has 0 atom stereocenters. The van der Waals surface area contributed by atoms with Crippen LogP contribution >= 0.6 is 15.9 Å². The first kappa shape index (κ1) is 13.6. The molecule has 0 saturated carbocycles. The number of aryl methyl sites for hydroxylation is 1. The van der Waals surface area contributed by atoms with Gasteiger partial charge >= 0.3 is 0 Å². The Morgan fingerprint density at radius 1 is 1.39 bits per heavy atom. The molecule has 0 aliphatic heterocycles. The minimum Gasteiger partial charge on any atom is -0.361 e. The van der Waals surface area contributed by atoms with Crippen LogP contribution in [-0.4, -0.2) is 25.8 Å². The largest absolute Gasteiger partial charge is 0.361 e. The van der Waals surface area contributed by atoms with Crippen LogP contribution < -0.4 is 4.72 Å². The molecule has 0 bridgehead atoms. The third-order valence-corrected chi connectivity index (χ3v) is 4.60. The number of aromatic nitrogens is 1. The number of H-pyrrole nitrogens is 1. The average molecular weight is 331 g/mol. The molecule has 4 nitrogen and oxygen atoms in total. The fraction of sp³-hybridized carbons (Fsp3) is 0.333. The zero-order valence-electron chi connectivity index (χ0n) is 10.0. The van der Waals surface area contributed by atoms with Gasteiger partial charge in [-0.1, -0.05) is 22.0 Å². The standard InChI is InChI=1S/C12H15BrN2O2S/c1-14-18(16,17)8-9-2-3-12-11(6-9)10(4-5-13)7-15-12/h2-3,6-7,14-15H,4-5,8H2,1H3. The number of hydrogen-bond acceptors (Lipinski definition) is 2. The van der Waals surface area contributed by atoms with Crippen molar-refractivity contribution in [3.05, 3.63) is 35.5 Å². The minimum absolute atomic E-state index is 0.0123. The molecular weight excluding hydrogens is 316 g/mol. The molecule has 0 aliphatic rings. The van der Waals surface area contributed by atoms with Gasteiger partial charge in [0, 0.05) is 22.4 Å². The van der Waals surface area contributed by atoms with Crippen molar-refractivity contribution >= 4 is 36.9 Å². The van der Waals surface area contributed by atoms with Gasteiger partial charge in [-0.25, -0.2) is 13.1 Å². The zero-order chi connectivity index (χ0) is 13.2. The number of fused-ring (bicyclic) bond motifs is 1. The van der Waals surface area contributed by atoms with Crippen LogP contribution in [0.4, 0.5) is 0 Å². The molecule has 0 saturated heterocycles. The first-order valence-electron chi connectivity index (χ1n) is 5.62. The van der Waals surface area contributed by atoms with E-state index in [2.05, 4.69) is 25.6 Å². The first-order valence-corrected chi connectivity index (χ1v) is 8.39. The molecule has 0 radical (unpaired) electrons. The second-order valence-corrected chi connectivity index (χ2v) is 6.82. The van der Waals surface area contributed by atoms with Gasteiger partial charge in [0.05, 0.1) is 5.75 Å². The van der Waals surface area contributed by atoms with E-state index < -0.39 is 10.0 Å². The van der Waals surface area contributed by atoms with Crippen molar-refractivity contribution in [3.8, 4) is 0 Å². The lowest BCUT2D eigenvalue weighted by Gasteiger charge is -2.03. The summed E-state index contributed by atoms with van der Waals surface area (Å²) in [5.41, 5.74) is 3.04. The van der Waals surface area contributed by atoms with Crippen LogP contribution in [0.5, 0.6) is 0 Å². The summed E-state index contributed by atoms with van der Waals surface area (Å²) in [4.78, 5) is 3.19. The number of hydrogen-bond donors (Lipinski definition) is 2. The maximum absolute atomic E-state index is 11.5. The van der Waals surface area contributed by atoms with Crippen molar-refractivity contribution in [2.75, 3.05) is 12.4 Å². The van der Waals surface area contributed by atoms with E-state index in [1.807, 2.05) is 24.4 Å². The fourth-order valence-electron chi connectivity index (χ4n) is 1.92. The molecule has 98 valence electrons. The Kier molecular flexibility index (Phi) is 4.09. The van der Waals surface area contributed by atoms with Crippen LogP contribution in [0, 0.1) is 0 Å². The Bertz CT molecular complexity index is 649. The van der Waals surface area contributed by atoms with Gasteiger partial charge in [-0.2, -0.15) is 0 Å². The highest BCUT2D eigenvalue weighted by Gasteiger charge is 2.10. The van der Waals surface area contributed by atoms with Gasteiger partial charge in [0.15, 0.2) is 0 Å². The van der Waals surface area contributed by atoms with Gasteiger partial charge in [0.25, 0.3) is 0 Å². The van der Waals surface area contributed by atoms with Crippen LogP contribution in [0.15, 0.2) is 24.4 Å². The number of halogens is 1. The van der Waals surface area contributed by atoms with Crippen molar-refractivity contribution in [2.45, 2.75) is 12.2 Å². The lowest BCUT2D eigenvalue weighted by atomic mass is 10.1. The van der Waals surface area contributed by atoms with E-state index in [1.165, 1.54) is 12.6 Å². The topological polar surface area (TPSA) is 62.0 Å². The molecule has 1 aromatic heterocycles. The monoisotopic (exact) mass is 330 g/mol. The summed E-state index contributed by atoms with van der Waals surface area (Å²) in [6, 6.07) is 5.71. The van der Waals surface area contributed by atoms with Crippen molar-refractivity contribution in [3.63, 3.8) is 0 Å². The van der Waals surface area contributed by atoms with Crippen molar-refractivity contribution in [1.82, 2.24) is 9.71 Å². The average Bonchev–Trinajstić information content (AvgIpc) is 2.72. The Hall–Kier alpha value is -0.850. The maximum atomic E-state index is 11.5. The predicted octanol–water partition coefficient (Wildman–Crippen LogP) is 2.15. The number of benzene rings is 1. The predicted molar refractivity (Wildman–Crippen MR) is 77.5 cm³/mol. The van der Waals surface area contributed by atoms with Crippen LogP contribution in [0.25, 0.3) is 10.9 Å². The minimum atomic E-state index is -3.22. The van der Waals surface area contributed by atoms with E-state index in [0.717, 1.165) is 28.2 Å². The smallest absolute Gasteiger partial charge is 0.215 e.